The summed E-state index contributed by atoms with van der Waals surface area (Å²) in [7, 11) is 0. The highest BCUT2D eigenvalue weighted by atomic mass is 14.4. The zero-order valence-corrected chi connectivity index (χ0v) is 26.5. The molecule has 0 N–H and O–H groups in total. The van der Waals surface area contributed by atoms with Gasteiger partial charge in [-0.3, -0.25) is 0 Å². The van der Waals surface area contributed by atoms with Gasteiger partial charge in [-0.1, -0.05) is 166 Å². The summed E-state index contributed by atoms with van der Waals surface area (Å²) in [6.07, 6.45) is 1.87. The van der Waals surface area contributed by atoms with Crippen LogP contribution in [-0.2, 0) is 5.41 Å². The third-order valence-electron chi connectivity index (χ3n) is 9.68. The van der Waals surface area contributed by atoms with E-state index in [-0.39, 0.29) is 41.2 Å². The fourth-order valence-electron chi connectivity index (χ4n) is 7.28. The predicted molar refractivity (Wildman–Crippen MR) is 204 cm³/mol. The zero-order chi connectivity index (χ0) is 36.5. The van der Waals surface area contributed by atoms with E-state index < -0.39 is 0 Å². The summed E-state index contributed by atoms with van der Waals surface area (Å²) in [5.41, 5.74) is 10.4. The van der Waals surface area contributed by atoms with Crippen molar-refractivity contribution in [1.29, 1.82) is 0 Å². The lowest BCUT2D eigenvalue weighted by Crippen LogP contribution is -2.23. The van der Waals surface area contributed by atoms with Gasteiger partial charge in [0.1, 0.15) is 0 Å². The van der Waals surface area contributed by atoms with Crippen LogP contribution in [0.4, 0.5) is 0 Å². The lowest BCUT2D eigenvalue weighted by molar-refractivity contribution is 0.645. The van der Waals surface area contributed by atoms with Crippen molar-refractivity contribution in [2.75, 3.05) is 0 Å². The van der Waals surface area contributed by atoms with Crippen LogP contribution in [0.15, 0.2) is 158 Å². The normalized spacial score (nSPS) is 14.3. The first kappa shape index (κ1) is 23.6. The second-order valence-electron chi connectivity index (χ2n) is 12.7. The molecule has 0 nitrogen and oxygen atoms in total. The van der Waals surface area contributed by atoms with Crippen LogP contribution in [-0.4, -0.2) is 0 Å². The van der Waals surface area contributed by atoms with E-state index in [1.54, 1.807) is 0 Å². The first-order valence-corrected chi connectivity index (χ1v) is 15.9. The minimum absolute atomic E-state index is 0.197. The van der Waals surface area contributed by atoms with Gasteiger partial charge in [-0.2, -0.15) is 0 Å². The monoisotopic (exact) mass is 605 g/mol. The van der Waals surface area contributed by atoms with Crippen molar-refractivity contribution in [3.05, 3.63) is 180 Å². The molecule has 0 aliphatic heterocycles. The Morgan fingerprint density at radius 3 is 2.13 bits per heavy atom. The van der Waals surface area contributed by atoms with Gasteiger partial charge >= 0.3 is 0 Å². The van der Waals surface area contributed by atoms with Crippen molar-refractivity contribution in [1.82, 2.24) is 0 Å². The molecule has 47 heavy (non-hydrogen) atoms. The number of hydrogen-bond acceptors (Lipinski definition) is 0. The van der Waals surface area contributed by atoms with E-state index in [0.717, 1.165) is 71.3 Å². The summed E-state index contributed by atoms with van der Waals surface area (Å²) >= 11 is 0. The van der Waals surface area contributed by atoms with E-state index in [1.165, 1.54) is 5.56 Å². The van der Waals surface area contributed by atoms with Gasteiger partial charge in [0.15, 0.2) is 0 Å². The number of fused-ring (bicyclic) bond motifs is 4. The highest BCUT2D eigenvalue weighted by Gasteiger charge is 2.34. The molecule has 0 heterocycles. The lowest BCUT2D eigenvalue weighted by atomic mass is 9.67. The molecule has 0 fully saturated rings. The van der Waals surface area contributed by atoms with Crippen LogP contribution >= 0.6 is 0 Å². The van der Waals surface area contributed by atoms with Crippen molar-refractivity contribution in [3.8, 4) is 44.5 Å². The minimum Gasteiger partial charge on any atom is -0.0984 e. The van der Waals surface area contributed by atoms with Gasteiger partial charge in [0, 0.05) is 5.41 Å². The standard InChI is InChI=1S/C47H36/c1-5-32-22-23-37-30-42(32)31(2)14-8-6-11-19-38(37)35-17-12-18-36(28-35)39-25-27-45-46-40(39)20-13-21-41(46)43-29-34(33-15-9-7-10-16-33)24-26-44(43)47(45,3)4/h5-30H,1-2H2,3-4H3/i7D,9D,10D,15D,16D. The smallest absolute Gasteiger partial charge is 0.0629 e. The topological polar surface area (TPSA) is 0 Å². The van der Waals surface area contributed by atoms with Crippen molar-refractivity contribution in [3.63, 3.8) is 0 Å². The average molecular weight is 606 g/mol. The Labute approximate surface area is 284 Å². The zero-order valence-electron chi connectivity index (χ0n) is 31.5. The molecule has 0 saturated heterocycles. The predicted octanol–water partition coefficient (Wildman–Crippen LogP) is 12.2. The van der Waals surface area contributed by atoms with E-state index in [4.69, 9.17) is 6.85 Å². The molecule has 1 aliphatic carbocycles. The van der Waals surface area contributed by atoms with Gasteiger partial charge < -0.3 is 0 Å². The Balaban J connectivity index is 1.33. The largest absolute Gasteiger partial charge is 0.0984 e. The Morgan fingerprint density at radius 1 is 0.553 bits per heavy atom. The summed E-state index contributed by atoms with van der Waals surface area (Å²) in [4.78, 5) is 0. The molecule has 2 bridgehead atoms. The van der Waals surface area contributed by atoms with Crippen LogP contribution in [0.5, 0.6) is 0 Å². The Kier molecular flexibility index (Phi) is 5.65. The van der Waals surface area contributed by atoms with Crippen molar-refractivity contribution in [2.24, 2.45) is 0 Å². The van der Waals surface area contributed by atoms with Crippen molar-refractivity contribution in [2.45, 2.75) is 19.3 Å². The van der Waals surface area contributed by atoms with Crippen LogP contribution in [0.1, 0.15) is 37.4 Å². The summed E-state index contributed by atoms with van der Waals surface area (Å²) in [5.74, 6) is 0. The van der Waals surface area contributed by atoms with E-state index in [1.807, 2.05) is 36.4 Å². The molecule has 8 rings (SSSR count). The number of benzene rings is 6. The van der Waals surface area contributed by atoms with Crippen molar-refractivity contribution >= 4 is 34.2 Å². The molecule has 0 aromatic heterocycles. The van der Waals surface area contributed by atoms with Crippen LogP contribution in [0.2, 0.25) is 0 Å². The molecule has 0 amide bonds. The molecule has 7 aromatic carbocycles. The molecule has 0 radical (unpaired) electrons. The molecule has 0 atom stereocenters. The fraction of sp³-hybridized carbons (Fsp3) is 0.0638. The lowest BCUT2D eigenvalue weighted by Gasteiger charge is -2.36. The summed E-state index contributed by atoms with van der Waals surface area (Å²) in [5, 5.41) is 5.39. The third-order valence-corrected chi connectivity index (χ3v) is 9.68. The first-order valence-electron chi connectivity index (χ1n) is 18.4. The van der Waals surface area contributed by atoms with Crippen LogP contribution in [0.25, 0.3) is 78.7 Å². The van der Waals surface area contributed by atoms with Crippen LogP contribution < -0.4 is 5.22 Å². The molecular weight excluding hydrogens is 565 g/mol. The highest BCUT2D eigenvalue weighted by molar-refractivity contribution is 6.09. The van der Waals surface area contributed by atoms with E-state index in [9.17, 15) is 0 Å². The Hall–Kier alpha value is -5.72. The molecule has 0 heteroatoms. The molecule has 0 spiro atoms. The SMILES string of the molecule is [2H]c1c([2H])c([2H])c(-c2ccc3c(c2)-c2cccc4c(-c5cccc(-c6cccccc(=C)c7cc6ccc7C=C)c5)ccc(c24)C3(C)C)c([2H])c1[2H]. The minimum atomic E-state index is -0.389. The average Bonchev–Trinajstić information content (AvgIpc) is 3.16. The van der Waals surface area contributed by atoms with Gasteiger partial charge in [-0.25, -0.2) is 0 Å². The summed E-state index contributed by atoms with van der Waals surface area (Å²) < 4.78 is 41.9. The van der Waals surface area contributed by atoms with E-state index in [0.29, 0.717) is 5.56 Å². The second-order valence-corrected chi connectivity index (χ2v) is 12.7. The quantitative estimate of drug-likeness (QED) is 0.187. The van der Waals surface area contributed by atoms with Crippen LogP contribution in [0.3, 0.4) is 0 Å². The number of rotatable bonds is 4. The second kappa shape index (κ2) is 11.3. The molecule has 0 unspecified atom stereocenters. The van der Waals surface area contributed by atoms with E-state index in [2.05, 4.69) is 118 Å². The Morgan fingerprint density at radius 2 is 1.30 bits per heavy atom. The molecular formula is C47H36. The maximum absolute atomic E-state index is 8.65. The van der Waals surface area contributed by atoms with Gasteiger partial charge in [0.25, 0.3) is 0 Å². The maximum atomic E-state index is 8.65. The molecule has 0 saturated carbocycles. The summed E-state index contributed by atoms with van der Waals surface area (Å²) in [6, 6.07) is 40.9. The summed E-state index contributed by atoms with van der Waals surface area (Å²) in [6.45, 7) is 12.8. The van der Waals surface area contributed by atoms with Gasteiger partial charge in [-0.15, -0.1) is 0 Å². The van der Waals surface area contributed by atoms with Gasteiger partial charge in [-0.05, 0) is 106 Å². The third kappa shape index (κ3) is 4.77. The van der Waals surface area contributed by atoms with E-state index >= 15 is 0 Å². The van der Waals surface area contributed by atoms with Crippen LogP contribution in [0, 0.1) is 0 Å². The fourth-order valence-corrected chi connectivity index (χ4v) is 7.28. The maximum Gasteiger partial charge on any atom is 0.0629 e. The Bertz CT molecular complexity index is 2730. The van der Waals surface area contributed by atoms with Gasteiger partial charge in [0.05, 0.1) is 6.85 Å². The molecule has 224 valence electrons. The molecule has 1 aliphatic rings. The van der Waals surface area contributed by atoms with Gasteiger partial charge in [0.2, 0.25) is 0 Å². The molecule has 7 aromatic rings. The van der Waals surface area contributed by atoms with Crippen molar-refractivity contribution < 1.29 is 6.85 Å². The highest BCUT2D eigenvalue weighted by Crippen LogP contribution is 2.51. The number of hydrogen-bond donors (Lipinski definition) is 0. The first-order chi connectivity index (χ1) is 25.0.